The summed E-state index contributed by atoms with van der Waals surface area (Å²) in [6.45, 7) is 0.773. The fourth-order valence-electron chi connectivity index (χ4n) is 2.13. The van der Waals surface area contributed by atoms with Crippen LogP contribution in [0.5, 0.6) is 0 Å². The first-order valence-electron chi connectivity index (χ1n) is 5.76. The molecule has 1 fully saturated rings. The van der Waals surface area contributed by atoms with Crippen LogP contribution in [0.15, 0.2) is 11.2 Å². The van der Waals surface area contributed by atoms with Crippen molar-refractivity contribution in [2.45, 2.75) is 30.5 Å². The summed E-state index contributed by atoms with van der Waals surface area (Å²) in [5.74, 6) is 0.373. The zero-order valence-electron chi connectivity index (χ0n) is 10.1. The van der Waals surface area contributed by atoms with Gasteiger partial charge in [-0.15, -0.1) is 0 Å². The predicted octanol–water partition coefficient (Wildman–Crippen LogP) is 1.70. The Bertz CT molecular complexity index is 457. The maximum atomic E-state index is 11.5. The van der Waals surface area contributed by atoms with E-state index >= 15 is 0 Å². The van der Waals surface area contributed by atoms with Gasteiger partial charge in [-0.25, -0.2) is 9.97 Å². The van der Waals surface area contributed by atoms with E-state index in [9.17, 15) is 4.79 Å². The molecule has 2 N–H and O–H groups in total. The van der Waals surface area contributed by atoms with E-state index in [0.29, 0.717) is 16.1 Å². The van der Waals surface area contributed by atoms with Crippen molar-refractivity contribution < 1.29 is 4.79 Å². The summed E-state index contributed by atoms with van der Waals surface area (Å²) in [4.78, 5) is 21.9. The molecule has 0 bridgehead atoms. The van der Waals surface area contributed by atoms with Gasteiger partial charge in [0.2, 0.25) is 5.91 Å². The first-order valence-corrected chi connectivity index (χ1v) is 7.36. The van der Waals surface area contributed by atoms with Crippen molar-refractivity contribution in [2.75, 3.05) is 17.7 Å². The highest BCUT2D eigenvalue weighted by atomic mass is 35.5. The Morgan fingerprint density at radius 1 is 1.56 bits per heavy atom. The summed E-state index contributed by atoms with van der Waals surface area (Å²) in [6.07, 6.45) is 4.70. The lowest BCUT2D eigenvalue weighted by Gasteiger charge is -2.34. The number of halogens is 1. The van der Waals surface area contributed by atoms with Crippen LogP contribution in [0, 0.1) is 0 Å². The number of nitrogens with zero attached hydrogens (tertiary/aromatic N) is 3. The molecule has 0 radical (unpaired) electrons. The fourth-order valence-corrected chi connectivity index (χ4v) is 2.73. The molecule has 0 saturated carbocycles. The lowest BCUT2D eigenvalue weighted by atomic mass is 10.0. The molecule has 0 aromatic carbocycles. The summed E-state index contributed by atoms with van der Waals surface area (Å²) in [5, 5.41) is 0.990. The fraction of sp³-hybridized carbons (Fsp3) is 0.545. The van der Waals surface area contributed by atoms with Crippen LogP contribution in [0.3, 0.4) is 0 Å². The normalized spacial score (nSPS) is 19.9. The molecule has 5 nitrogen and oxygen atoms in total. The largest absolute Gasteiger partial charge is 0.368 e. The number of primary amides is 1. The number of hydrogen-bond donors (Lipinski definition) is 1. The van der Waals surface area contributed by atoms with Crippen molar-refractivity contribution in [3.05, 3.63) is 11.2 Å². The topological polar surface area (TPSA) is 72.1 Å². The number of hydrogen-bond acceptors (Lipinski definition) is 5. The molecule has 1 aliphatic rings. The quantitative estimate of drug-likeness (QED) is 0.520. The van der Waals surface area contributed by atoms with Gasteiger partial charge in [0.05, 0.1) is 0 Å². The van der Waals surface area contributed by atoms with Gasteiger partial charge in [0.1, 0.15) is 17.0 Å². The number of piperidine rings is 1. The molecular weight excluding hydrogens is 272 g/mol. The average Bonchev–Trinajstić information content (AvgIpc) is 2.38. The van der Waals surface area contributed by atoms with Crippen LogP contribution in [0.2, 0.25) is 5.15 Å². The maximum Gasteiger partial charge on any atom is 0.240 e. The molecule has 18 heavy (non-hydrogen) atoms. The average molecular weight is 287 g/mol. The van der Waals surface area contributed by atoms with Crippen LogP contribution in [0.4, 0.5) is 5.82 Å². The third-order valence-corrected chi connectivity index (χ3v) is 3.71. The number of rotatable bonds is 3. The SMILES string of the molecule is CSc1nc(Cl)cc(N2CCCCC2C(N)=O)n1. The van der Waals surface area contributed by atoms with Crippen LogP contribution in [0.1, 0.15) is 19.3 Å². The van der Waals surface area contributed by atoms with Gasteiger partial charge in [0.15, 0.2) is 5.16 Å². The molecule has 2 heterocycles. The van der Waals surface area contributed by atoms with Crippen LogP contribution >= 0.6 is 23.4 Å². The molecule has 0 spiro atoms. The molecule has 1 aromatic rings. The summed E-state index contributed by atoms with van der Waals surface area (Å²) in [7, 11) is 0. The van der Waals surface area contributed by atoms with E-state index in [1.807, 2.05) is 11.2 Å². The van der Waals surface area contributed by atoms with Gasteiger partial charge in [-0.05, 0) is 25.5 Å². The highest BCUT2D eigenvalue weighted by Gasteiger charge is 2.28. The third-order valence-electron chi connectivity index (χ3n) is 2.97. The van der Waals surface area contributed by atoms with Gasteiger partial charge in [0.25, 0.3) is 0 Å². The van der Waals surface area contributed by atoms with E-state index in [2.05, 4.69) is 9.97 Å². The number of nitrogens with two attached hydrogens (primary N) is 1. The number of amides is 1. The standard InChI is InChI=1S/C11H15ClN4OS/c1-18-11-14-8(12)6-9(15-11)16-5-3-2-4-7(16)10(13)17/h6-7H,2-5H2,1H3,(H2,13,17). The van der Waals surface area contributed by atoms with E-state index in [1.54, 1.807) is 6.07 Å². The minimum atomic E-state index is -0.310. The van der Waals surface area contributed by atoms with Gasteiger partial charge in [0, 0.05) is 12.6 Å². The Labute approximate surface area is 115 Å². The van der Waals surface area contributed by atoms with Crippen LogP contribution in [0.25, 0.3) is 0 Å². The number of thioether (sulfide) groups is 1. The van der Waals surface area contributed by atoms with Crippen molar-refractivity contribution in [2.24, 2.45) is 5.73 Å². The molecule has 1 unspecified atom stereocenters. The highest BCUT2D eigenvalue weighted by molar-refractivity contribution is 7.98. The third kappa shape index (κ3) is 2.87. The van der Waals surface area contributed by atoms with Crippen LogP contribution in [-0.2, 0) is 4.79 Å². The summed E-state index contributed by atoms with van der Waals surface area (Å²) >= 11 is 7.39. The Hall–Kier alpha value is -1.01. The van der Waals surface area contributed by atoms with Crippen LogP contribution in [-0.4, -0.2) is 34.7 Å². The van der Waals surface area contributed by atoms with Gasteiger partial charge in [-0.2, -0.15) is 0 Å². The van der Waals surface area contributed by atoms with Crippen molar-refractivity contribution >= 4 is 35.1 Å². The molecule has 2 rings (SSSR count). The monoisotopic (exact) mass is 286 g/mol. The predicted molar refractivity (Wildman–Crippen MR) is 73.0 cm³/mol. The number of anilines is 1. The minimum absolute atomic E-state index is 0.292. The number of carbonyl (C=O) groups excluding carboxylic acids is 1. The van der Waals surface area contributed by atoms with E-state index < -0.39 is 0 Å². The van der Waals surface area contributed by atoms with Gasteiger partial charge >= 0.3 is 0 Å². The summed E-state index contributed by atoms with van der Waals surface area (Å²) in [5.41, 5.74) is 5.44. The first kappa shape index (κ1) is 13.4. The summed E-state index contributed by atoms with van der Waals surface area (Å²) in [6, 6.07) is 1.39. The lowest BCUT2D eigenvalue weighted by Crippen LogP contribution is -2.48. The Balaban J connectivity index is 2.33. The van der Waals surface area contributed by atoms with Gasteiger partial charge < -0.3 is 10.6 Å². The van der Waals surface area contributed by atoms with Crippen molar-refractivity contribution in [3.8, 4) is 0 Å². The highest BCUT2D eigenvalue weighted by Crippen LogP contribution is 2.26. The second kappa shape index (κ2) is 5.75. The van der Waals surface area contributed by atoms with E-state index in [4.69, 9.17) is 17.3 Å². The van der Waals surface area contributed by atoms with Gasteiger partial charge in [-0.1, -0.05) is 23.4 Å². The Morgan fingerprint density at radius 2 is 2.33 bits per heavy atom. The van der Waals surface area contributed by atoms with Crippen molar-refractivity contribution in [1.29, 1.82) is 0 Å². The number of carbonyl (C=O) groups is 1. The molecule has 1 aliphatic heterocycles. The molecule has 1 aromatic heterocycles. The Kier molecular flexibility index (Phi) is 4.29. The van der Waals surface area contributed by atoms with Crippen molar-refractivity contribution in [3.63, 3.8) is 0 Å². The maximum absolute atomic E-state index is 11.5. The van der Waals surface area contributed by atoms with E-state index in [-0.39, 0.29) is 11.9 Å². The van der Waals surface area contributed by atoms with Crippen molar-refractivity contribution in [1.82, 2.24) is 9.97 Å². The second-order valence-corrected chi connectivity index (χ2v) is 5.30. The molecule has 1 atom stereocenters. The zero-order valence-corrected chi connectivity index (χ0v) is 11.7. The van der Waals surface area contributed by atoms with Gasteiger partial charge in [-0.3, -0.25) is 4.79 Å². The molecule has 0 aliphatic carbocycles. The molecule has 7 heteroatoms. The summed E-state index contributed by atoms with van der Waals surface area (Å²) < 4.78 is 0. The lowest BCUT2D eigenvalue weighted by molar-refractivity contribution is -0.119. The second-order valence-electron chi connectivity index (χ2n) is 4.14. The van der Waals surface area contributed by atoms with E-state index in [0.717, 1.165) is 25.8 Å². The molecule has 1 saturated heterocycles. The molecule has 98 valence electrons. The Morgan fingerprint density at radius 3 is 3.00 bits per heavy atom. The number of aromatic nitrogens is 2. The minimum Gasteiger partial charge on any atom is -0.368 e. The molecule has 1 amide bonds. The zero-order chi connectivity index (χ0) is 13.1. The smallest absolute Gasteiger partial charge is 0.240 e. The van der Waals surface area contributed by atoms with E-state index in [1.165, 1.54) is 11.8 Å². The first-order chi connectivity index (χ1) is 8.61. The molecular formula is C11H15ClN4OS. The van der Waals surface area contributed by atoms with Crippen LogP contribution < -0.4 is 10.6 Å².